The van der Waals surface area contributed by atoms with Crippen molar-refractivity contribution in [1.82, 2.24) is 4.57 Å². The Morgan fingerprint density at radius 1 is 0.971 bits per heavy atom. The molecule has 1 N–H and O–H groups in total. The number of carbonyl (C=O) groups is 1. The van der Waals surface area contributed by atoms with Crippen molar-refractivity contribution in [3.8, 4) is 11.5 Å². The molecule has 0 aliphatic rings. The van der Waals surface area contributed by atoms with Crippen molar-refractivity contribution >= 4 is 21.4 Å². The van der Waals surface area contributed by atoms with Crippen molar-refractivity contribution in [2.45, 2.75) is 37.1 Å². The Kier molecular flexibility index (Phi) is 7.11. The standard InChI is InChI=1S/C24H25FN2O6S/c1-14-6-7-17(11-19(14)25)26-22(28)13-27-16(3)10-15(2)23(24(27)29)34(30,31)18-8-9-20(32-4)21(12-18)33-5/h6-12H,13H2,1-5H3,(H,26,28). The summed E-state index contributed by atoms with van der Waals surface area (Å²) < 4.78 is 52.0. The largest absolute Gasteiger partial charge is 0.493 e. The van der Waals surface area contributed by atoms with Gasteiger partial charge in [0.05, 0.1) is 19.1 Å². The van der Waals surface area contributed by atoms with E-state index >= 15 is 0 Å². The van der Waals surface area contributed by atoms with E-state index < -0.39 is 38.6 Å². The second-order valence-corrected chi connectivity index (χ2v) is 9.61. The maximum atomic E-state index is 13.8. The quantitative estimate of drug-likeness (QED) is 0.547. The number of rotatable bonds is 7. The molecule has 1 heterocycles. The molecule has 0 saturated heterocycles. The molecule has 0 spiro atoms. The molecule has 0 radical (unpaired) electrons. The van der Waals surface area contributed by atoms with Crippen LogP contribution in [0, 0.1) is 26.6 Å². The highest BCUT2D eigenvalue weighted by Gasteiger charge is 2.27. The number of nitrogens with one attached hydrogen (secondary N) is 1. The molecule has 0 fully saturated rings. The van der Waals surface area contributed by atoms with Crippen molar-refractivity contribution in [2.75, 3.05) is 19.5 Å². The Morgan fingerprint density at radius 2 is 1.65 bits per heavy atom. The van der Waals surface area contributed by atoms with Crippen LogP contribution in [-0.4, -0.2) is 33.1 Å². The van der Waals surface area contributed by atoms with Crippen LogP contribution in [0.1, 0.15) is 16.8 Å². The zero-order chi connectivity index (χ0) is 25.2. The van der Waals surface area contributed by atoms with E-state index in [1.165, 1.54) is 63.6 Å². The number of methoxy groups -OCH3 is 2. The number of aromatic nitrogens is 1. The van der Waals surface area contributed by atoms with Gasteiger partial charge < -0.3 is 19.4 Å². The predicted octanol–water partition coefficient (Wildman–Crippen LogP) is 3.40. The second-order valence-electron chi connectivity index (χ2n) is 7.72. The summed E-state index contributed by atoms with van der Waals surface area (Å²) in [6, 6.07) is 9.77. The number of nitrogens with zero attached hydrogens (tertiary/aromatic N) is 1. The van der Waals surface area contributed by atoms with Gasteiger partial charge in [0, 0.05) is 17.4 Å². The van der Waals surface area contributed by atoms with Gasteiger partial charge in [-0.2, -0.15) is 0 Å². The predicted molar refractivity (Wildman–Crippen MR) is 125 cm³/mol. The Morgan fingerprint density at radius 3 is 2.26 bits per heavy atom. The zero-order valence-corrected chi connectivity index (χ0v) is 20.2. The third-order valence-corrected chi connectivity index (χ3v) is 7.25. The van der Waals surface area contributed by atoms with E-state index in [0.29, 0.717) is 17.0 Å². The average Bonchev–Trinajstić information content (AvgIpc) is 2.78. The number of sulfone groups is 1. The van der Waals surface area contributed by atoms with Crippen LogP contribution in [0.15, 0.2) is 57.1 Å². The molecule has 2 aromatic carbocycles. The van der Waals surface area contributed by atoms with Crippen LogP contribution < -0.4 is 20.3 Å². The zero-order valence-electron chi connectivity index (χ0n) is 19.4. The molecule has 0 aliphatic heterocycles. The lowest BCUT2D eigenvalue weighted by molar-refractivity contribution is -0.116. The molecular formula is C24H25FN2O6S. The Bertz CT molecular complexity index is 1430. The summed E-state index contributed by atoms with van der Waals surface area (Å²) in [7, 11) is -1.46. The molecule has 34 heavy (non-hydrogen) atoms. The number of ether oxygens (including phenoxy) is 2. The number of hydrogen-bond acceptors (Lipinski definition) is 6. The van der Waals surface area contributed by atoms with E-state index in [2.05, 4.69) is 5.32 Å². The fourth-order valence-electron chi connectivity index (χ4n) is 3.55. The number of hydrogen-bond donors (Lipinski definition) is 1. The minimum Gasteiger partial charge on any atom is -0.493 e. The van der Waals surface area contributed by atoms with Crippen molar-refractivity contribution in [2.24, 2.45) is 0 Å². The molecule has 8 nitrogen and oxygen atoms in total. The minimum absolute atomic E-state index is 0.152. The third kappa shape index (κ3) is 4.81. The lowest BCUT2D eigenvalue weighted by atomic mass is 10.2. The van der Waals surface area contributed by atoms with Gasteiger partial charge in [0.25, 0.3) is 5.56 Å². The topological polar surface area (TPSA) is 104 Å². The summed E-state index contributed by atoms with van der Waals surface area (Å²) in [6.07, 6.45) is 0. The number of benzene rings is 2. The lowest BCUT2D eigenvalue weighted by Gasteiger charge is -2.16. The summed E-state index contributed by atoms with van der Waals surface area (Å²) >= 11 is 0. The minimum atomic E-state index is -4.25. The molecule has 0 unspecified atom stereocenters. The van der Waals surface area contributed by atoms with Crippen LogP contribution in [0.2, 0.25) is 0 Å². The fraction of sp³-hybridized carbons (Fsp3) is 0.250. The highest BCUT2D eigenvalue weighted by molar-refractivity contribution is 7.91. The van der Waals surface area contributed by atoms with Crippen LogP contribution in [-0.2, 0) is 21.2 Å². The van der Waals surface area contributed by atoms with E-state index in [1.807, 2.05) is 0 Å². The highest BCUT2D eigenvalue weighted by atomic mass is 32.2. The summed E-state index contributed by atoms with van der Waals surface area (Å²) in [5, 5.41) is 2.53. The summed E-state index contributed by atoms with van der Waals surface area (Å²) in [4.78, 5) is 25.3. The van der Waals surface area contributed by atoms with E-state index in [0.717, 1.165) is 4.57 Å². The molecule has 0 bridgehead atoms. The van der Waals surface area contributed by atoms with Crippen molar-refractivity contribution in [1.29, 1.82) is 0 Å². The van der Waals surface area contributed by atoms with Gasteiger partial charge in [-0.1, -0.05) is 6.07 Å². The van der Waals surface area contributed by atoms with Crippen LogP contribution >= 0.6 is 0 Å². The number of amides is 1. The second kappa shape index (κ2) is 9.68. The molecule has 180 valence electrons. The van der Waals surface area contributed by atoms with Gasteiger partial charge in [0.15, 0.2) is 11.5 Å². The van der Waals surface area contributed by atoms with Crippen molar-refractivity contribution < 1.29 is 27.1 Å². The first-order valence-corrected chi connectivity index (χ1v) is 11.7. The molecule has 0 saturated carbocycles. The van der Waals surface area contributed by atoms with E-state index in [1.54, 1.807) is 13.8 Å². The molecule has 0 aliphatic carbocycles. The Labute approximate surface area is 196 Å². The highest BCUT2D eigenvalue weighted by Crippen LogP contribution is 2.32. The SMILES string of the molecule is COc1ccc(S(=O)(=O)c2c(C)cc(C)n(CC(=O)Nc3ccc(C)c(F)c3)c2=O)cc1OC. The van der Waals surface area contributed by atoms with Crippen LogP contribution in [0.5, 0.6) is 11.5 Å². The van der Waals surface area contributed by atoms with Gasteiger partial charge in [-0.15, -0.1) is 0 Å². The van der Waals surface area contributed by atoms with E-state index in [4.69, 9.17) is 9.47 Å². The van der Waals surface area contributed by atoms with Crippen molar-refractivity contribution in [3.63, 3.8) is 0 Å². The molecule has 3 aromatic rings. The number of pyridine rings is 1. The van der Waals surface area contributed by atoms with Gasteiger partial charge in [0.2, 0.25) is 15.7 Å². The number of aryl methyl sites for hydroxylation is 3. The Hall–Kier alpha value is -3.66. The maximum Gasteiger partial charge on any atom is 0.270 e. The van der Waals surface area contributed by atoms with Gasteiger partial charge >= 0.3 is 0 Å². The monoisotopic (exact) mass is 488 g/mol. The van der Waals surface area contributed by atoms with Crippen LogP contribution in [0.25, 0.3) is 0 Å². The first-order valence-electron chi connectivity index (χ1n) is 10.2. The fourth-order valence-corrected chi connectivity index (χ4v) is 5.12. The first-order chi connectivity index (χ1) is 16.0. The van der Waals surface area contributed by atoms with Gasteiger partial charge in [-0.05, 0) is 62.2 Å². The molecule has 0 atom stereocenters. The summed E-state index contributed by atoms with van der Waals surface area (Å²) in [6.45, 7) is 4.26. The number of anilines is 1. The first kappa shape index (κ1) is 25.0. The molecule has 1 aromatic heterocycles. The van der Waals surface area contributed by atoms with Gasteiger partial charge in [-0.3, -0.25) is 9.59 Å². The van der Waals surface area contributed by atoms with Gasteiger partial charge in [0.1, 0.15) is 17.3 Å². The average molecular weight is 489 g/mol. The van der Waals surface area contributed by atoms with Crippen LogP contribution in [0.4, 0.5) is 10.1 Å². The summed E-state index contributed by atoms with van der Waals surface area (Å²) in [5.41, 5.74) is 0.462. The third-order valence-electron chi connectivity index (χ3n) is 5.34. The summed E-state index contributed by atoms with van der Waals surface area (Å²) in [5.74, 6) is -0.557. The molecule has 1 amide bonds. The lowest BCUT2D eigenvalue weighted by Crippen LogP contribution is -2.33. The number of halogens is 1. The molecule has 3 rings (SSSR count). The van der Waals surface area contributed by atoms with Crippen molar-refractivity contribution in [3.05, 3.63) is 75.5 Å². The maximum absolute atomic E-state index is 13.8. The smallest absolute Gasteiger partial charge is 0.270 e. The number of carbonyl (C=O) groups excluding carboxylic acids is 1. The normalized spacial score (nSPS) is 11.2. The van der Waals surface area contributed by atoms with E-state index in [9.17, 15) is 22.4 Å². The van der Waals surface area contributed by atoms with E-state index in [-0.39, 0.29) is 21.9 Å². The van der Waals surface area contributed by atoms with Crippen LogP contribution in [0.3, 0.4) is 0 Å². The Balaban J connectivity index is 2.01. The molecule has 10 heteroatoms. The van der Waals surface area contributed by atoms with Gasteiger partial charge in [-0.25, -0.2) is 12.8 Å². The molecular weight excluding hydrogens is 463 g/mol.